The van der Waals surface area contributed by atoms with Gasteiger partial charge in [0.25, 0.3) is 0 Å². The normalized spacial score (nSPS) is 17.0. The van der Waals surface area contributed by atoms with Crippen molar-refractivity contribution in [2.45, 2.75) is 34.2 Å². The van der Waals surface area contributed by atoms with E-state index in [1.54, 1.807) is 6.07 Å². The van der Waals surface area contributed by atoms with Gasteiger partial charge in [-0.15, -0.1) is 0 Å². The molecule has 0 heterocycles. The summed E-state index contributed by atoms with van der Waals surface area (Å²) in [7, 11) is -3.83. The van der Waals surface area contributed by atoms with Gasteiger partial charge in [-0.3, -0.25) is 0 Å². The van der Waals surface area contributed by atoms with Crippen LogP contribution in [0.3, 0.4) is 0 Å². The van der Waals surface area contributed by atoms with Crippen LogP contribution in [0.25, 0.3) is 0 Å². The molecule has 0 saturated heterocycles. The Kier molecular flexibility index (Phi) is 6.39. The minimum atomic E-state index is -3.83. The fourth-order valence-electron chi connectivity index (χ4n) is 1.72. The first-order valence-electron chi connectivity index (χ1n) is 6.04. The molecule has 0 aliphatic heterocycles. The number of alkyl halides is 3. The van der Waals surface area contributed by atoms with E-state index in [1.807, 2.05) is 0 Å². The second-order valence-corrected chi connectivity index (χ2v) is 11.0. The molecular weight excluding hydrogens is 338 g/mol. The van der Waals surface area contributed by atoms with Crippen molar-refractivity contribution in [2.75, 3.05) is 6.67 Å². The van der Waals surface area contributed by atoms with Crippen molar-refractivity contribution in [2.24, 2.45) is 0 Å². The molecule has 19 heavy (non-hydrogen) atoms. The van der Waals surface area contributed by atoms with Crippen LogP contribution in [0.1, 0.15) is 12.8 Å². The molecule has 0 aliphatic rings. The van der Waals surface area contributed by atoms with E-state index < -0.39 is 49.5 Å². The van der Waals surface area contributed by atoms with Crippen LogP contribution in [0.15, 0.2) is 35.2 Å². The molecule has 0 amide bonds. The summed E-state index contributed by atoms with van der Waals surface area (Å²) in [6, 6.07) is 7.47. The molecule has 2 nitrogen and oxygen atoms in total. The van der Waals surface area contributed by atoms with Gasteiger partial charge >= 0.3 is 119 Å². The molecular formula is C12H17F3GeO2S. The van der Waals surface area contributed by atoms with Crippen molar-refractivity contribution in [1.29, 1.82) is 0 Å². The predicted molar refractivity (Wildman–Crippen MR) is 72.4 cm³/mol. The van der Waals surface area contributed by atoms with Crippen LogP contribution in [0.5, 0.6) is 0 Å². The van der Waals surface area contributed by atoms with Crippen molar-refractivity contribution in [3.8, 4) is 0 Å². The summed E-state index contributed by atoms with van der Waals surface area (Å²) in [5.74, 6) is 0. The van der Waals surface area contributed by atoms with Crippen LogP contribution in [0, 0.1) is 0 Å². The number of benzene rings is 1. The summed E-state index contributed by atoms with van der Waals surface area (Å²) < 4.78 is 62.2. The van der Waals surface area contributed by atoms with E-state index in [9.17, 15) is 21.6 Å². The maximum absolute atomic E-state index is 13.9. The van der Waals surface area contributed by atoms with Crippen molar-refractivity contribution in [3.63, 3.8) is 0 Å². The molecule has 0 bridgehead atoms. The summed E-state index contributed by atoms with van der Waals surface area (Å²) in [5, 5.41) is 0. The molecule has 3 atom stereocenters. The fraction of sp³-hybridized carbons (Fsp3) is 0.500. The van der Waals surface area contributed by atoms with Gasteiger partial charge < -0.3 is 0 Å². The average Bonchev–Trinajstić information content (AvgIpc) is 2.43. The zero-order chi connectivity index (χ0) is 14.5. The van der Waals surface area contributed by atoms with E-state index in [0.717, 1.165) is 0 Å². The summed E-state index contributed by atoms with van der Waals surface area (Å²) >= 11 is -0.429. The third-order valence-corrected chi connectivity index (χ3v) is 10.4. The predicted octanol–water partition coefficient (Wildman–Crippen LogP) is 1.58. The second kappa shape index (κ2) is 7.33. The van der Waals surface area contributed by atoms with Crippen molar-refractivity contribution < 1.29 is 21.6 Å². The molecule has 0 N–H and O–H groups in total. The van der Waals surface area contributed by atoms with Gasteiger partial charge in [-0.05, 0) is 0 Å². The minimum absolute atomic E-state index is 0.00784. The average molecular weight is 355 g/mol. The molecule has 0 aromatic heterocycles. The Morgan fingerprint density at radius 2 is 1.74 bits per heavy atom. The zero-order valence-electron chi connectivity index (χ0n) is 10.6. The number of rotatable bonds is 7. The van der Waals surface area contributed by atoms with Gasteiger partial charge in [-0.2, -0.15) is 0 Å². The number of sulfone groups is 1. The Bertz CT molecular complexity index is 481. The molecule has 0 saturated carbocycles. The Hall–Kier alpha value is -0.497. The third kappa shape index (κ3) is 4.24. The molecule has 7 heteroatoms. The third-order valence-electron chi connectivity index (χ3n) is 2.97. The van der Waals surface area contributed by atoms with E-state index in [0.29, 0.717) is 0 Å². The van der Waals surface area contributed by atoms with Crippen molar-refractivity contribution >= 4 is 26.4 Å². The van der Waals surface area contributed by atoms with Gasteiger partial charge in [0.05, 0.1) is 0 Å². The van der Waals surface area contributed by atoms with Crippen LogP contribution in [-0.4, -0.2) is 48.0 Å². The monoisotopic (exact) mass is 356 g/mol. The van der Waals surface area contributed by atoms with Crippen LogP contribution in [0.2, 0.25) is 0 Å². The molecule has 1 aromatic carbocycles. The molecule has 1 rings (SSSR count). The van der Waals surface area contributed by atoms with E-state index in [1.165, 1.54) is 24.3 Å². The van der Waals surface area contributed by atoms with Gasteiger partial charge in [-0.25, -0.2) is 0 Å². The van der Waals surface area contributed by atoms with Gasteiger partial charge in [-0.1, -0.05) is 0 Å². The van der Waals surface area contributed by atoms with E-state index in [2.05, 4.69) is 0 Å². The first-order valence-corrected chi connectivity index (χ1v) is 10.0. The van der Waals surface area contributed by atoms with E-state index in [4.69, 9.17) is 0 Å². The van der Waals surface area contributed by atoms with Crippen LogP contribution < -0.4 is 0 Å². The van der Waals surface area contributed by atoms with Gasteiger partial charge in [0.2, 0.25) is 0 Å². The molecule has 0 spiro atoms. The molecule has 0 fully saturated rings. The van der Waals surface area contributed by atoms with E-state index >= 15 is 0 Å². The summed E-state index contributed by atoms with van der Waals surface area (Å²) in [4.78, 5) is 0.00784. The second-order valence-electron chi connectivity index (χ2n) is 4.35. The standard InChI is InChI=1S/C12H17F3GeO2S/c13-8-4-7-10(14)11(15)12(16)19(17,18)9-5-2-1-3-6-9/h1-3,5-6,10-12H,4,7-8H2,16H3. The fourth-order valence-corrected chi connectivity index (χ4v) is 5.79. The Morgan fingerprint density at radius 1 is 1.16 bits per heavy atom. The SMILES string of the molecule is O=S(=O)(c1ccccc1)[CH]([GeH3])C(F)C(F)CCCF. The molecule has 0 aliphatic carbocycles. The van der Waals surface area contributed by atoms with Gasteiger partial charge in [0.15, 0.2) is 0 Å². The van der Waals surface area contributed by atoms with Crippen LogP contribution in [0.4, 0.5) is 13.2 Å². The first-order chi connectivity index (χ1) is 8.91. The summed E-state index contributed by atoms with van der Waals surface area (Å²) in [5.41, 5.74) is 0. The van der Waals surface area contributed by atoms with E-state index in [-0.39, 0.29) is 17.7 Å². The summed E-state index contributed by atoms with van der Waals surface area (Å²) in [6.07, 6.45) is -4.37. The zero-order valence-corrected chi connectivity index (χ0v) is 15.6. The summed E-state index contributed by atoms with van der Waals surface area (Å²) in [6.45, 7) is -0.728. The number of hydrogen-bond donors (Lipinski definition) is 0. The number of halogens is 3. The first kappa shape index (κ1) is 16.6. The Morgan fingerprint density at radius 3 is 2.26 bits per heavy atom. The van der Waals surface area contributed by atoms with Gasteiger partial charge in [0.1, 0.15) is 0 Å². The topological polar surface area (TPSA) is 34.1 Å². The van der Waals surface area contributed by atoms with Crippen molar-refractivity contribution in [3.05, 3.63) is 30.3 Å². The number of hydrogen-bond acceptors (Lipinski definition) is 2. The van der Waals surface area contributed by atoms with Crippen molar-refractivity contribution in [1.82, 2.24) is 0 Å². The van der Waals surface area contributed by atoms with Crippen LogP contribution >= 0.6 is 0 Å². The Balaban J connectivity index is 2.84. The molecule has 3 unspecified atom stereocenters. The van der Waals surface area contributed by atoms with Crippen LogP contribution in [-0.2, 0) is 9.84 Å². The molecule has 108 valence electrons. The van der Waals surface area contributed by atoms with Gasteiger partial charge in [0, 0.05) is 0 Å². The molecule has 1 aromatic rings. The molecule has 0 radical (unpaired) electrons. The quantitative estimate of drug-likeness (QED) is 0.697. The maximum atomic E-state index is 13.9. The Labute approximate surface area is 119 Å².